The predicted molar refractivity (Wildman–Crippen MR) is 170 cm³/mol. The van der Waals surface area contributed by atoms with Gasteiger partial charge in [0.1, 0.15) is 11.5 Å². The maximum atomic E-state index is 10.3. The Bertz CT molecular complexity index is 881. The Morgan fingerprint density at radius 3 is 0.821 bits per heavy atom. The molecule has 0 atom stereocenters. The van der Waals surface area contributed by atoms with Crippen LogP contribution in [0.2, 0.25) is 0 Å². The molecule has 0 saturated carbocycles. The van der Waals surface area contributed by atoms with Crippen LogP contribution in [-0.4, -0.2) is 22.0 Å². The van der Waals surface area contributed by atoms with Gasteiger partial charge < -0.3 is 28.8 Å². The molecule has 0 aliphatic heterocycles. The summed E-state index contributed by atoms with van der Waals surface area (Å²) in [4.78, 5) is 4.01. The van der Waals surface area contributed by atoms with Gasteiger partial charge in [-0.05, 0) is 64.7 Å². The molecule has 0 bridgehead atoms. The van der Waals surface area contributed by atoms with Gasteiger partial charge in [0.2, 0.25) is 0 Å². The van der Waals surface area contributed by atoms with Gasteiger partial charge in [0.25, 0.3) is 0 Å². The van der Waals surface area contributed by atoms with Crippen LogP contribution < -0.4 is 0 Å². The largest absolute Gasteiger partial charge is 2.00 e. The summed E-state index contributed by atoms with van der Waals surface area (Å²) in [7, 11) is 0. The van der Waals surface area contributed by atoms with E-state index in [2.05, 4.69) is 94.3 Å². The number of benzene rings is 2. The summed E-state index contributed by atoms with van der Waals surface area (Å²) < 4.78 is 0. The Balaban J connectivity index is -0.000000517. The standard InChI is InChI=1S/2C14H22O.C6H12N.CH3.Zr/c2*1-13(2,3)10-8-7-9-11(12(10)15)14(4,5)6;1-5-7-6(2,3)4;;/h2*7-9,15H,1-6H3;1-4H3;1H3;/q;;2*-1;+2. The fraction of sp³-hybridized carbons (Fsp3) is 0.600. The molecule has 3 nitrogen and oxygen atoms in total. The number of rotatable bonds is 0. The number of aromatic hydroxyl groups is 2. The summed E-state index contributed by atoms with van der Waals surface area (Å²) in [6.07, 6.45) is 2.73. The van der Waals surface area contributed by atoms with Crippen LogP contribution in [0.4, 0.5) is 0 Å². The molecule has 4 heteroatoms. The molecular weight excluding hydrogens is 558 g/mol. The normalized spacial score (nSPS) is 12.3. The molecule has 2 rings (SSSR count). The monoisotopic (exact) mass is 615 g/mol. The summed E-state index contributed by atoms with van der Waals surface area (Å²) in [6.45, 7) is 33.4. The fourth-order valence-electron chi connectivity index (χ4n) is 3.84. The van der Waals surface area contributed by atoms with Crippen molar-refractivity contribution in [1.29, 1.82) is 0 Å². The van der Waals surface area contributed by atoms with Crippen molar-refractivity contribution in [3.05, 3.63) is 66.1 Å². The smallest absolute Gasteiger partial charge is 0.507 e. The van der Waals surface area contributed by atoms with Gasteiger partial charge in [0.15, 0.2) is 0 Å². The van der Waals surface area contributed by atoms with E-state index in [0.29, 0.717) is 11.5 Å². The predicted octanol–water partition coefficient (Wildman–Crippen LogP) is 10.2. The van der Waals surface area contributed by atoms with Crippen molar-refractivity contribution in [2.45, 2.75) is 138 Å². The van der Waals surface area contributed by atoms with Gasteiger partial charge in [-0.2, -0.15) is 6.92 Å². The minimum absolute atomic E-state index is 0. The van der Waals surface area contributed by atoms with Crippen LogP contribution >= 0.6 is 0 Å². The molecular formula is C35H59NO2Zr. The third-order valence-corrected chi connectivity index (χ3v) is 5.75. The third kappa shape index (κ3) is 14.7. The second kappa shape index (κ2) is 15.6. The van der Waals surface area contributed by atoms with Crippen molar-refractivity contribution in [2.24, 2.45) is 4.99 Å². The molecule has 0 spiro atoms. The van der Waals surface area contributed by atoms with Gasteiger partial charge in [-0.25, -0.2) is 0 Å². The number of hydrogen-bond donors (Lipinski definition) is 2. The van der Waals surface area contributed by atoms with Crippen molar-refractivity contribution >= 4 is 6.21 Å². The zero-order valence-corrected chi connectivity index (χ0v) is 30.8. The fourth-order valence-corrected chi connectivity index (χ4v) is 3.84. The van der Waals surface area contributed by atoms with Crippen LogP contribution in [0.15, 0.2) is 41.4 Å². The van der Waals surface area contributed by atoms with E-state index in [9.17, 15) is 10.2 Å². The summed E-state index contributed by atoms with van der Waals surface area (Å²) in [5, 5.41) is 20.5. The minimum atomic E-state index is -0.00859. The topological polar surface area (TPSA) is 52.8 Å². The van der Waals surface area contributed by atoms with E-state index in [0.717, 1.165) is 22.3 Å². The maximum absolute atomic E-state index is 10.3. The molecule has 2 N–H and O–H groups in total. The SMILES string of the molecule is CC(C)(C)c1cccc(C(C)(C)C)c1O.CC(C)(C)c1cccc(C(C)(C)C)c1O.C[C-]=NC(C)(C)C.[CH3-].[Zr+2]. The van der Waals surface area contributed by atoms with E-state index < -0.39 is 0 Å². The summed E-state index contributed by atoms with van der Waals surface area (Å²) in [5.41, 5.74) is 4.12. The quantitative estimate of drug-likeness (QED) is 0.229. The zero-order valence-electron chi connectivity index (χ0n) is 28.3. The van der Waals surface area contributed by atoms with Crippen molar-refractivity contribution in [1.82, 2.24) is 0 Å². The number of para-hydroxylation sites is 2. The maximum Gasteiger partial charge on any atom is 2.00 e. The van der Waals surface area contributed by atoms with Crippen LogP contribution in [0.1, 0.15) is 133 Å². The Kier molecular flexibility index (Phi) is 16.8. The molecule has 0 amide bonds. The van der Waals surface area contributed by atoms with E-state index in [1.165, 1.54) is 0 Å². The number of nitrogens with zero attached hydrogens (tertiary/aromatic N) is 1. The van der Waals surface area contributed by atoms with Gasteiger partial charge in [0.05, 0.1) is 0 Å². The molecule has 2 aromatic rings. The first-order valence-corrected chi connectivity index (χ1v) is 13.4. The first-order valence-electron chi connectivity index (χ1n) is 13.4. The van der Waals surface area contributed by atoms with Gasteiger partial charge >= 0.3 is 26.2 Å². The minimum Gasteiger partial charge on any atom is -0.507 e. The molecule has 0 aliphatic rings. The van der Waals surface area contributed by atoms with Crippen molar-refractivity contribution in [3.63, 3.8) is 0 Å². The molecule has 39 heavy (non-hydrogen) atoms. The Hall–Kier alpha value is -1.41. The molecule has 0 saturated heterocycles. The molecule has 0 heterocycles. The van der Waals surface area contributed by atoms with Gasteiger partial charge in [-0.3, -0.25) is 0 Å². The van der Waals surface area contributed by atoms with Crippen LogP contribution in [0, 0.1) is 7.43 Å². The Labute approximate surface area is 262 Å². The van der Waals surface area contributed by atoms with E-state index >= 15 is 0 Å². The number of aliphatic imine (C=N–C) groups is 1. The van der Waals surface area contributed by atoms with Crippen LogP contribution in [0.3, 0.4) is 0 Å². The Morgan fingerprint density at radius 1 is 0.513 bits per heavy atom. The van der Waals surface area contributed by atoms with Gasteiger partial charge in [-0.15, -0.1) is 0 Å². The van der Waals surface area contributed by atoms with E-state index in [1.54, 1.807) is 0 Å². The summed E-state index contributed by atoms with van der Waals surface area (Å²) >= 11 is 0. The van der Waals surface area contributed by atoms with Crippen molar-refractivity contribution in [3.8, 4) is 11.5 Å². The molecule has 0 unspecified atom stereocenters. The number of phenolic OH excluding ortho intramolecular Hbond substituents is 2. The van der Waals surface area contributed by atoms with E-state index in [-0.39, 0.29) is 60.8 Å². The van der Waals surface area contributed by atoms with Crippen LogP contribution in [0.25, 0.3) is 0 Å². The molecule has 2 aromatic carbocycles. The summed E-state index contributed by atoms with van der Waals surface area (Å²) in [6, 6.07) is 12.1. The Morgan fingerprint density at radius 2 is 0.718 bits per heavy atom. The average molecular weight is 617 g/mol. The molecule has 0 aromatic heterocycles. The second-order valence-electron chi connectivity index (χ2n) is 14.9. The zero-order chi connectivity index (χ0) is 29.6. The molecule has 220 valence electrons. The number of phenols is 2. The third-order valence-electron chi connectivity index (χ3n) is 5.75. The first-order chi connectivity index (χ1) is 16.3. The van der Waals surface area contributed by atoms with Crippen LogP contribution in [0.5, 0.6) is 11.5 Å². The molecule has 0 aliphatic carbocycles. The van der Waals surface area contributed by atoms with Gasteiger partial charge in [-0.1, -0.05) is 119 Å². The van der Waals surface area contributed by atoms with Gasteiger partial charge in [0, 0.05) is 5.54 Å². The average Bonchev–Trinajstić information content (AvgIpc) is 2.64. The first kappa shape index (κ1) is 42.1. The number of hydrogen-bond acceptors (Lipinski definition) is 3. The van der Waals surface area contributed by atoms with E-state index in [4.69, 9.17) is 0 Å². The molecule has 0 radical (unpaired) electrons. The van der Waals surface area contributed by atoms with Crippen LogP contribution in [-0.2, 0) is 47.9 Å². The summed E-state index contributed by atoms with van der Waals surface area (Å²) in [5.74, 6) is 0.912. The second-order valence-corrected chi connectivity index (χ2v) is 14.9. The van der Waals surface area contributed by atoms with Crippen molar-refractivity contribution in [2.75, 3.05) is 0 Å². The molecule has 0 fully saturated rings. The van der Waals surface area contributed by atoms with Crippen molar-refractivity contribution < 1.29 is 36.4 Å². The van der Waals surface area contributed by atoms with E-state index in [1.807, 2.05) is 64.1 Å².